The van der Waals surface area contributed by atoms with Crippen molar-refractivity contribution in [1.29, 1.82) is 0 Å². The van der Waals surface area contributed by atoms with E-state index in [-0.39, 0.29) is 30.1 Å². The molecule has 2 rings (SSSR count). The molecule has 2 fully saturated rings. The predicted octanol–water partition coefficient (Wildman–Crippen LogP) is 3.88. The van der Waals surface area contributed by atoms with Gasteiger partial charge in [-0.3, -0.25) is 4.99 Å². The van der Waals surface area contributed by atoms with E-state index in [1.165, 1.54) is 19.4 Å². The molecule has 2 heterocycles. The fourth-order valence-electron chi connectivity index (χ4n) is 4.53. The average molecular weight is 552 g/mol. The van der Waals surface area contributed by atoms with Gasteiger partial charge in [-0.25, -0.2) is 4.79 Å². The molecule has 0 spiro atoms. The molecule has 2 atom stereocenters. The second-order valence-electron chi connectivity index (χ2n) is 9.78. The molecular formula is C23H46IN5O2. The molecule has 0 aromatic rings. The molecule has 2 aliphatic rings. The smallest absolute Gasteiger partial charge is 0.410 e. The minimum absolute atomic E-state index is 0. The Morgan fingerprint density at radius 2 is 1.77 bits per heavy atom. The highest BCUT2D eigenvalue weighted by Gasteiger charge is 2.28. The highest BCUT2D eigenvalue weighted by molar-refractivity contribution is 14.0. The lowest BCUT2D eigenvalue weighted by atomic mass is 9.95. The third-order valence-electron chi connectivity index (χ3n) is 6.21. The minimum Gasteiger partial charge on any atom is -0.444 e. The topological polar surface area (TPSA) is 60.4 Å². The minimum atomic E-state index is -0.434. The summed E-state index contributed by atoms with van der Waals surface area (Å²) in [7, 11) is 1.88. The van der Waals surface area contributed by atoms with Gasteiger partial charge < -0.3 is 24.8 Å². The van der Waals surface area contributed by atoms with Crippen molar-refractivity contribution in [2.24, 2.45) is 16.8 Å². The summed E-state index contributed by atoms with van der Waals surface area (Å²) in [6.07, 6.45) is 4.35. The number of hydrogen-bond acceptors (Lipinski definition) is 4. The molecule has 2 unspecified atom stereocenters. The Hall–Kier alpha value is -0.770. The first-order chi connectivity index (χ1) is 14.3. The molecule has 0 aliphatic carbocycles. The molecule has 0 bridgehead atoms. The lowest BCUT2D eigenvalue weighted by molar-refractivity contribution is 0.0162. The van der Waals surface area contributed by atoms with Crippen molar-refractivity contribution in [3.63, 3.8) is 0 Å². The zero-order valence-corrected chi connectivity index (χ0v) is 23.0. The summed E-state index contributed by atoms with van der Waals surface area (Å²) in [6.45, 7) is 18.4. The summed E-state index contributed by atoms with van der Waals surface area (Å²) < 4.78 is 5.55. The number of carbonyl (C=O) groups excluding carboxylic acids is 1. The molecule has 0 saturated carbocycles. The van der Waals surface area contributed by atoms with Crippen LogP contribution in [0.5, 0.6) is 0 Å². The fraction of sp³-hybridized carbons (Fsp3) is 0.913. The van der Waals surface area contributed by atoms with E-state index in [2.05, 4.69) is 34.0 Å². The van der Waals surface area contributed by atoms with Crippen LogP contribution in [-0.4, -0.2) is 91.8 Å². The number of amides is 1. The van der Waals surface area contributed by atoms with Crippen molar-refractivity contribution in [1.82, 2.24) is 20.0 Å². The van der Waals surface area contributed by atoms with Gasteiger partial charge in [0.05, 0.1) is 0 Å². The number of ether oxygens (including phenoxy) is 1. The van der Waals surface area contributed by atoms with Crippen molar-refractivity contribution in [3.8, 4) is 0 Å². The van der Waals surface area contributed by atoms with Crippen LogP contribution in [0.15, 0.2) is 4.99 Å². The van der Waals surface area contributed by atoms with E-state index in [0.29, 0.717) is 5.92 Å². The van der Waals surface area contributed by atoms with E-state index >= 15 is 0 Å². The van der Waals surface area contributed by atoms with Gasteiger partial charge in [0.15, 0.2) is 5.96 Å². The third kappa shape index (κ3) is 9.72. The van der Waals surface area contributed by atoms with Crippen LogP contribution in [-0.2, 0) is 4.74 Å². The van der Waals surface area contributed by atoms with Gasteiger partial charge >= 0.3 is 6.09 Å². The predicted molar refractivity (Wildman–Crippen MR) is 139 cm³/mol. The van der Waals surface area contributed by atoms with Crippen LogP contribution >= 0.6 is 24.0 Å². The largest absolute Gasteiger partial charge is 0.444 e. The Labute approximate surface area is 207 Å². The third-order valence-corrected chi connectivity index (χ3v) is 6.21. The van der Waals surface area contributed by atoms with Crippen molar-refractivity contribution in [2.75, 3.05) is 59.4 Å². The molecule has 31 heavy (non-hydrogen) atoms. The summed E-state index contributed by atoms with van der Waals surface area (Å²) in [4.78, 5) is 23.7. The van der Waals surface area contributed by atoms with E-state index in [4.69, 9.17) is 4.74 Å². The van der Waals surface area contributed by atoms with Gasteiger partial charge in [-0.15, -0.1) is 24.0 Å². The van der Waals surface area contributed by atoms with Crippen LogP contribution in [0.2, 0.25) is 0 Å². The maximum Gasteiger partial charge on any atom is 0.410 e. The normalized spacial score (nSPS) is 22.5. The average Bonchev–Trinajstić information content (AvgIpc) is 3.16. The first kappa shape index (κ1) is 28.3. The maximum absolute atomic E-state index is 12.4. The van der Waals surface area contributed by atoms with E-state index < -0.39 is 5.60 Å². The Bertz CT molecular complexity index is 563. The SMILES string of the molecule is CCN(CC)CC1CCN(C(=NC)NCCC2CCCN(C(=O)OC(C)(C)C)C2)C1.I. The highest BCUT2D eigenvalue weighted by Crippen LogP contribution is 2.22. The number of aliphatic imine (C=N–C) groups is 1. The summed E-state index contributed by atoms with van der Waals surface area (Å²) in [6, 6.07) is 0. The van der Waals surface area contributed by atoms with Crippen molar-refractivity contribution in [2.45, 2.75) is 65.9 Å². The molecule has 7 nitrogen and oxygen atoms in total. The number of likely N-dealkylation sites (tertiary alicyclic amines) is 2. The zero-order chi connectivity index (χ0) is 22.1. The van der Waals surface area contributed by atoms with Gasteiger partial charge in [0.2, 0.25) is 0 Å². The van der Waals surface area contributed by atoms with Gasteiger partial charge in [0.1, 0.15) is 5.60 Å². The van der Waals surface area contributed by atoms with E-state index in [1.54, 1.807) is 0 Å². The fourth-order valence-corrected chi connectivity index (χ4v) is 4.53. The first-order valence-corrected chi connectivity index (χ1v) is 11.9. The van der Waals surface area contributed by atoms with Crippen molar-refractivity contribution < 1.29 is 9.53 Å². The van der Waals surface area contributed by atoms with Crippen LogP contribution in [0.1, 0.15) is 60.3 Å². The van der Waals surface area contributed by atoms with Crippen LogP contribution < -0.4 is 5.32 Å². The van der Waals surface area contributed by atoms with Gasteiger partial charge in [-0.2, -0.15) is 0 Å². The number of halogens is 1. The number of guanidine groups is 1. The number of hydrogen-bond donors (Lipinski definition) is 1. The Morgan fingerprint density at radius 1 is 1.10 bits per heavy atom. The second-order valence-corrected chi connectivity index (χ2v) is 9.78. The molecule has 1 amide bonds. The number of carbonyl (C=O) groups is 1. The summed E-state index contributed by atoms with van der Waals surface area (Å²) in [5.41, 5.74) is -0.434. The van der Waals surface area contributed by atoms with Crippen LogP contribution in [0, 0.1) is 11.8 Å². The molecule has 8 heteroatoms. The van der Waals surface area contributed by atoms with Gasteiger partial charge in [-0.1, -0.05) is 13.8 Å². The molecule has 0 radical (unpaired) electrons. The van der Waals surface area contributed by atoms with E-state index in [1.807, 2.05) is 32.7 Å². The molecule has 182 valence electrons. The summed E-state index contributed by atoms with van der Waals surface area (Å²) in [5.74, 6) is 2.27. The summed E-state index contributed by atoms with van der Waals surface area (Å²) >= 11 is 0. The number of nitrogens with zero attached hydrogens (tertiary/aromatic N) is 4. The van der Waals surface area contributed by atoms with Crippen LogP contribution in [0.25, 0.3) is 0 Å². The Balaban J connectivity index is 0.00000480. The number of piperidine rings is 1. The Morgan fingerprint density at radius 3 is 2.39 bits per heavy atom. The van der Waals surface area contributed by atoms with Crippen molar-refractivity contribution in [3.05, 3.63) is 0 Å². The molecule has 0 aromatic carbocycles. The lowest BCUT2D eigenvalue weighted by Crippen LogP contribution is -2.44. The zero-order valence-electron chi connectivity index (χ0n) is 20.7. The van der Waals surface area contributed by atoms with Crippen LogP contribution in [0.3, 0.4) is 0 Å². The maximum atomic E-state index is 12.4. The van der Waals surface area contributed by atoms with Gasteiger partial charge in [-0.05, 0) is 71.4 Å². The first-order valence-electron chi connectivity index (χ1n) is 11.9. The molecular weight excluding hydrogens is 505 g/mol. The number of nitrogens with one attached hydrogen (secondary N) is 1. The molecule has 0 aromatic heterocycles. The van der Waals surface area contributed by atoms with Crippen LogP contribution in [0.4, 0.5) is 4.79 Å². The lowest BCUT2D eigenvalue weighted by Gasteiger charge is -2.34. The van der Waals surface area contributed by atoms with Crippen molar-refractivity contribution >= 4 is 36.0 Å². The van der Waals surface area contributed by atoms with E-state index in [0.717, 1.165) is 70.5 Å². The van der Waals surface area contributed by atoms with Gasteiger partial charge in [0.25, 0.3) is 0 Å². The highest BCUT2D eigenvalue weighted by atomic mass is 127. The Kier molecular flexibility index (Phi) is 12.5. The second kappa shape index (κ2) is 13.7. The monoisotopic (exact) mass is 551 g/mol. The molecule has 2 aliphatic heterocycles. The number of rotatable bonds is 7. The van der Waals surface area contributed by atoms with E-state index in [9.17, 15) is 4.79 Å². The van der Waals surface area contributed by atoms with Gasteiger partial charge in [0, 0.05) is 46.3 Å². The quantitative estimate of drug-likeness (QED) is 0.296. The standard InChI is InChI=1S/C23H45N5O2.HI/c1-7-26(8-2)16-20-12-15-27(18-20)21(24-6)25-13-11-19-10-9-14-28(17-19)22(29)30-23(3,4)5;/h19-20H,7-18H2,1-6H3,(H,24,25);1H. The summed E-state index contributed by atoms with van der Waals surface area (Å²) in [5, 5.41) is 3.57. The molecule has 1 N–H and O–H groups in total. The molecule has 2 saturated heterocycles.